The van der Waals surface area contributed by atoms with E-state index >= 15 is 0 Å². The number of aromatic nitrogens is 3. The van der Waals surface area contributed by atoms with Gasteiger partial charge in [0.25, 0.3) is 0 Å². The average Bonchev–Trinajstić information content (AvgIpc) is 3.16. The topological polar surface area (TPSA) is 63.8 Å². The minimum atomic E-state index is -0.378. The first-order valence-electron chi connectivity index (χ1n) is 6.38. The molecule has 1 N–H and O–H groups in total. The first-order valence-corrected chi connectivity index (χ1v) is 6.38. The van der Waals surface area contributed by atoms with Gasteiger partial charge in [-0.2, -0.15) is 4.98 Å². The van der Waals surface area contributed by atoms with Gasteiger partial charge in [-0.3, -0.25) is 0 Å². The average molecular weight is 262 g/mol. The summed E-state index contributed by atoms with van der Waals surface area (Å²) in [5, 5.41) is 7.16. The van der Waals surface area contributed by atoms with Crippen molar-refractivity contribution in [2.24, 2.45) is 5.92 Å². The largest absolute Gasteiger partial charge is 0.339 e. The Morgan fingerprint density at radius 2 is 2.32 bits per heavy atom. The van der Waals surface area contributed by atoms with E-state index in [0.717, 1.165) is 12.6 Å². The van der Waals surface area contributed by atoms with Crippen molar-refractivity contribution in [2.75, 3.05) is 7.05 Å². The van der Waals surface area contributed by atoms with Crippen LogP contribution in [-0.2, 0) is 6.42 Å². The molecule has 0 saturated heterocycles. The zero-order valence-electron chi connectivity index (χ0n) is 10.6. The molecule has 2 aromatic heterocycles. The Kier molecular flexibility index (Phi) is 3.25. The SMILES string of the molecule is CNC(Cc1nc(-c2ccc(F)cn2)no1)C1CC1. The summed E-state index contributed by atoms with van der Waals surface area (Å²) in [6, 6.07) is 3.26. The van der Waals surface area contributed by atoms with Gasteiger partial charge in [-0.15, -0.1) is 0 Å². The molecule has 2 heterocycles. The third-order valence-electron chi connectivity index (χ3n) is 3.38. The van der Waals surface area contributed by atoms with Crippen LogP contribution in [0.1, 0.15) is 18.7 Å². The van der Waals surface area contributed by atoms with E-state index in [4.69, 9.17) is 4.52 Å². The van der Waals surface area contributed by atoms with Crippen molar-refractivity contribution in [1.29, 1.82) is 0 Å². The molecule has 1 aliphatic carbocycles. The highest BCUT2D eigenvalue weighted by Crippen LogP contribution is 2.33. The van der Waals surface area contributed by atoms with Crippen molar-refractivity contribution in [3.8, 4) is 11.5 Å². The molecule has 1 unspecified atom stereocenters. The molecule has 0 aromatic carbocycles. The van der Waals surface area contributed by atoms with Crippen LogP contribution in [0.3, 0.4) is 0 Å². The lowest BCUT2D eigenvalue weighted by atomic mass is 10.1. The quantitative estimate of drug-likeness (QED) is 0.890. The number of nitrogens with zero attached hydrogens (tertiary/aromatic N) is 3. The number of likely N-dealkylation sites (N-methyl/N-ethyl adjacent to an activating group) is 1. The molecule has 0 aliphatic heterocycles. The summed E-state index contributed by atoms with van der Waals surface area (Å²) in [6.07, 6.45) is 4.37. The fraction of sp³-hybridized carbons (Fsp3) is 0.462. The summed E-state index contributed by atoms with van der Waals surface area (Å²) in [4.78, 5) is 8.24. The number of rotatable bonds is 5. The van der Waals surface area contributed by atoms with Crippen molar-refractivity contribution in [2.45, 2.75) is 25.3 Å². The zero-order chi connectivity index (χ0) is 13.2. The third kappa shape index (κ3) is 2.78. The maximum Gasteiger partial charge on any atom is 0.228 e. The molecule has 0 amide bonds. The lowest BCUT2D eigenvalue weighted by Gasteiger charge is -2.11. The molecule has 1 atom stereocenters. The minimum Gasteiger partial charge on any atom is -0.339 e. The van der Waals surface area contributed by atoms with Crippen molar-refractivity contribution >= 4 is 0 Å². The zero-order valence-corrected chi connectivity index (χ0v) is 10.6. The maximum atomic E-state index is 12.8. The van der Waals surface area contributed by atoms with E-state index in [9.17, 15) is 4.39 Å². The second-order valence-electron chi connectivity index (χ2n) is 4.81. The predicted octanol–water partition coefficient (Wildman–Crippen LogP) is 1.81. The van der Waals surface area contributed by atoms with Crippen molar-refractivity contribution < 1.29 is 8.91 Å². The molecule has 6 heteroatoms. The molecule has 5 nitrogen and oxygen atoms in total. The number of hydrogen-bond donors (Lipinski definition) is 1. The highest BCUT2D eigenvalue weighted by Gasteiger charge is 2.31. The summed E-state index contributed by atoms with van der Waals surface area (Å²) in [6.45, 7) is 0. The van der Waals surface area contributed by atoms with E-state index in [1.165, 1.54) is 18.9 Å². The predicted molar refractivity (Wildman–Crippen MR) is 66.8 cm³/mol. The van der Waals surface area contributed by atoms with Gasteiger partial charge in [0.15, 0.2) is 0 Å². The normalized spacial score (nSPS) is 16.5. The Bertz CT molecular complexity index is 550. The lowest BCUT2D eigenvalue weighted by Crippen LogP contribution is -2.29. The molecule has 1 fully saturated rings. The van der Waals surface area contributed by atoms with Gasteiger partial charge >= 0.3 is 0 Å². The van der Waals surface area contributed by atoms with Crippen LogP contribution >= 0.6 is 0 Å². The Morgan fingerprint density at radius 3 is 2.95 bits per heavy atom. The van der Waals surface area contributed by atoms with Crippen LogP contribution in [0.5, 0.6) is 0 Å². The molecule has 100 valence electrons. The smallest absolute Gasteiger partial charge is 0.228 e. The van der Waals surface area contributed by atoms with Gasteiger partial charge in [-0.25, -0.2) is 9.37 Å². The van der Waals surface area contributed by atoms with Gasteiger partial charge in [-0.1, -0.05) is 5.16 Å². The summed E-state index contributed by atoms with van der Waals surface area (Å²) in [5.41, 5.74) is 0.517. The van der Waals surface area contributed by atoms with Crippen LogP contribution < -0.4 is 5.32 Å². The molecule has 3 rings (SSSR count). The first-order chi connectivity index (χ1) is 9.26. The van der Waals surface area contributed by atoms with Crippen LogP contribution in [-0.4, -0.2) is 28.2 Å². The maximum absolute atomic E-state index is 12.8. The number of nitrogens with one attached hydrogen (secondary N) is 1. The minimum absolute atomic E-state index is 0.378. The summed E-state index contributed by atoms with van der Waals surface area (Å²) in [7, 11) is 1.95. The molecular formula is C13H15FN4O. The second-order valence-corrected chi connectivity index (χ2v) is 4.81. The Morgan fingerprint density at radius 1 is 1.47 bits per heavy atom. The summed E-state index contributed by atoms with van der Waals surface area (Å²) >= 11 is 0. The molecule has 1 aliphatic rings. The molecule has 0 radical (unpaired) electrons. The molecule has 19 heavy (non-hydrogen) atoms. The van der Waals surface area contributed by atoms with E-state index in [1.54, 1.807) is 6.07 Å². The second kappa shape index (κ2) is 5.05. The monoisotopic (exact) mass is 262 g/mol. The van der Waals surface area contributed by atoms with Crippen LogP contribution in [0, 0.1) is 11.7 Å². The van der Waals surface area contributed by atoms with Crippen LogP contribution in [0.25, 0.3) is 11.5 Å². The Labute approximate surface area is 110 Å². The molecular weight excluding hydrogens is 247 g/mol. The van der Waals surface area contributed by atoms with Crippen molar-refractivity contribution in [3.05, 3.63) is 30.0 Å². The number of pyridine rings is 1. The molecule has 0 spiro atoms. The fourth-order valence-electron chi connectivity index (χ4n) is 2.14. The van der Waals surface area contributed by atoms with Crippen LogP contribution in [0.4, 0.5) is 4.39 Å². The molecule has 1 saturated carbocycles. The Balaban J connectivity index is 1.73. The van der Waals surface area contributed by atoms with E-state index in [1.807, 2.05) is 7.05 Å². The van der Waals surface area contributed by atoms with Gasteiger partial charge in [0, 0.05) is 12.5 Å². The standard InChI is InChI=1S/C13H15FN4O/c1-15-11(8-2-3-8)6-12-17-13(18-19-12)10-5-4-9(14)7-16-10/h4-5,7-8,11,15H,2-3,6H2,1H3. The first kappa shape index (κ1) is 12.2. The highest BCUT2D eigenvalue weighted by atomic mass is 19.1. The van der Waals surface area contributed by atoms with Gasteiger partial charge in [0.1, 0.15) is 11.5 Å². The van der Waals surface area contributed by atoms with Crippen molar-refractivity contribution in [3.63, 3.8) is 0 Å². The van der Waals surface area contributed by atoms with E-state index in [2.05, 4.69) is 20.4 Å². The third-order valence-corrected chi connectivity index (χ3v) is 3.38. The van der Waals surface area contributed by atoms with E-state index in [0.29, 0.717) is 29.4 Å². The van der Waals surface area contributed by atoms with Gasteiger partial charge in [0.05, 0.1) is 6.20 Å². The number of halogens is 1. The van der Waals surface area contributed by atoms with Gasteiger partial charge in [0.2, 0.25) is 11.7 Å². The fourth-order valence-corrected chi connectivity index (χ4v) is 2.14. The molecule has 0 bridgehead atoms. The lowest BCUT2D eigenvalue weighted by molar-refractivity contribution is 0.352. The van der Waals surface area contributed by atoms with Gasteiger partial charge < -0.3 is 9.84 Å². The van der Waals surface area contributed by atoms with Crippen LogP contribution in [0.2, 0.25) is 0 Å². The summed E-state index contributed by atoms with van der Waals surface area (Å²) in [5.74, 6) is 1.33. The highest BCUT2D eigenvalue weighted by molar-refractivity contribution is 5.47. The van der Waals surface area contributed by atoms with Crippen molar-refractivity contribution in [1.82, 2.24) is 20.4 Å². The molecule has 2 aromatic rings. The van der Waals surface area contributed by atoms with E-state index < -0.39 is 0 Å². The van der Waals surface area contributed by atoms with Crippen LogP contribution in [0.15, 0.2) is 22.9 Å². The van der Waals surface area contributed by atoms with Gasteiger partial charge in [-0.05, 0) is 37.9 Å². The van der Waals surface area contributed by atoms with E-state index in [-0.39, 0.29) is 5.82 Å². The summed E-state index contributed by atoms with van der Waals surface area (Å²) < 4.78 is 18.0. The Hall–Kier alpha value is -1.82. The number of hydrogen-bond acceptors (Lipinski definition) is 5.